The Kier molecular flexibility index (Phi) is 7.27. The zero-order valence-corrected chi connectivity index (χ0v) is 23.8. The van der Waals surface area contributed by atoms with Crippen LogP contribution in [0.1, 0.15) is 22.8 Å². The lowest BCUT2D eigenvalue weighted by atomic mass is 10.00. The van der Waals surface area contributed by atoms with Crippen LogP contribution in [0.3, 0.4) is 0 Å². The third kappa shape index (κ3) is 6.16. The van der Waals surface area contributed by atoms with E-state index < -0.39 is 24.1 Å². The first-order chi connectivity index (χ1) is 22.0. The van der Waals surface area contributed by atoms with Crippen molar-refractivity contribution in [2.45, 2.75) is 0 Å². The lowest BCUT2D eigenvalue weighted by Crippen LogP contribution is -2.28. The molecule has 46 heavy (non-hydrogen) atoms. The SMILES string of the molecule is NC(=O)Nc1cc(-c2cc3cc4nc(cc5ccc(cc6nc(cc2[nH]3)C=C6)[nH]5)C=C4)c(NC(N)=O)c(NC(N)=O)c1NC(N)=O. The molecule has 3 aromatic heterocycles. The minimum absolute atomic E-state index is 0.0775. The molecule has 0 unspecified atom stereocenters. The molecule has 0 saturated carbocycles. The van der Waals surface area contributed by atoms with Crippen molar-refractivity contribution >= 4 is 93.2 Å². The smallest absolute Gasteiger partial charge is 0.316 e. The van der Waals surface area contributed by atoms with E-state index in [-0.39, 0.29) is 28.3 Å². The quantitative estimate of drug-likeness (QED) is 0.134. The first-order valence-corrected chi connectivity index (χ1v) is 13.6. The maximum atomic E-state index is 12.3. The fourth-order valence-electron chi connectivity index (χ4n) is 5.12. The number of anilines is 4. The van der Waals surface area contributed by atoms with Gasteiger partial charge < -0.3 is 54.2 Å². The van der Waals surface area contributed by atoms with E-state index in [1.807, 2.05) is 48.6 Å². The predicted molar refractivity (Wildman–Crippen MR) is 177 cm³/mol. The van der Waals surface area contributed by atoms with Gasteiger partial charge in [0, 0.05) is 33.2 Å². The average molecular weight is 619 g/mol. The number of nitrogens with zero attached hydrogens (tertiary/aromatic N) is 2. The highest BCUT2D eigenvalue weighted by Gasteiger charge is 2.24. The molecule has 8 bridgehead atoms. The van der Waals surface area contributed by atoms with E-state index in [4.69, 9.17) is 27.9 Å². The number of aromatic nitrogens is 4. The van der Waals surface area contributed by atoms with Gasteiger partial charge in [0.25, 0.3) is 0 Å². The summed E-state index contributed by atoms with van der Waals surface area (Å²) in [5.41, 5.74) is 27.3. The Bertz CT molecular complexity index is 2200. The fourth-order valence-corrected chi connectivity index (χ4v) is 5.12. The molecule has 16 nitrogen and oxygen atoms in total. The second kappa shape index (κ2) is 11.5. The number of carbonyl (C=O) groups is 4. The number of nitrogens with one attached hydrogen (secondary N) is 6. The molecule has 6 rings (SSSR count). The van der Waals surface area contributed by atoms with Crippen molar-refractivity contribution in [2.75, 3.05) is 21.3 Å². The number of H-pyrrole nitrogens is 2. The first kappa shape index (κ1) is 29.0. The number of carbonyl (C=O) groups excluding carboxylic acids is 4. The zero-order chi connectivity index (χ0) is 32.5. The number of rotatable bonds is 5. The summed E-state index contributed by atoms with van der Waals surface area (Å²) in [7, 11) is 0. The molecular weight excluding hydrogens is 592 g/mol. The second-order valence-electron chi connectivity index (χ2n) is 10.1. The van der Waals surface area contributed by atoms with Crippen molar-refractivity contribution in [2.24, 2.45) is 22.9 Å². The average Bonchev–Trinajstić information content (AvgIpc) is 3.76. The topological polar surface area (TPSA) is 278 Å². The third-order valence-corrected chi connectivity index (χ3v) is 6.79. The van der Waals surface area contributed by atoms with Gasteiger partial charge in [-0.15, -0.1) is 0 Å². The van der Waals surface area contributed by atoms with Crippen LogP contribution in [0.4, 0.5) is 41.9 Å². The standard InChI is InChI=1S/C30H26N12O4/c31-27(43)39-23-12-21(24(40-28(32)44)26(42-30(34)46)25(23)41-29(33)45)20-10-19-9-17-4-3-15(36-17)7-13-1-2-14(35-13)8-16-5-6-18(37-16)11-22(20)38-19/h1-12,35,38H,(H3,31,39,43)(H3,32,40,44)(H3,33,41,45)(H3,34,42,46). The maximum absolute atomic E-state index is 12.3. The summed E-state index contributed by atoms with van der Waals surface area (Å²) in [6, 6.07) is 10.3. The van der Waals surface area contributed by atoms with Crippen molar-refractivity contribution in [1.29, 1.82) is 0 Å². The van der Waals surface area contributed by atoms with Gasteiger partial charge >= 0.3 is 24.1 Å². The Hall–Kier alpha value is -7.10. The van der Waals surface area contributed by atoms with Crippen LogP contribution in [0, 0.1) is 0 Å². The molecule has 0 aliphatic carbocycles. The van der Waals surface area contributed by atoms with E-state index in [1.165, 1.54) is 6.07 Å². The summed E-state index contributed by atoms with van der Waals surface area (Å²) in [5.74, 6) is 0. The van der Waals surface area contributed by atoms with Crippen molar-refractivity contribution in [3.63, 3.8) is 0 Å². The lowest BCUT2D eigenvalue weighted by Gasteiger charge is -2.22. The Labute approximate surface area is 259 Å². The summed E-state index contributed by atoms with van der Waals surface area (Å²) in [5, 5.41) is 9.58. The van der Waals surface area contributed by atoms with Crippen molar-refractivity contribution in [3.05, 3.63) is 71.3 Å². The van der Waals surface area contributed by atoms with Crippen LogP contribution in [-0.2, 0) is 0 Å². The monoisotopic (exact) mass is 618 g/mol. The zero-order valence-electron chi connectivity index (χ0n) is 23.8. The minimum atomic E-state index is -1.07. The molecule has 5 heterocycles. The number of hydrogen-bond acceptors (Lipinski definition) is 6. The normalized spacial score (nSPS) is 11.6. The predicted octanol–water partition coefficient (Wildman–Crippen LogP) is 4.28. The number of benzene rings is 1. The number of nitrogens with two attached hydrogens (primary N) is 4. The Morgan fingerprint density at radius 1 is 0.500 bits per heavy atom. The molecule has 0 radical (unpaired) electrons. The van der Waals surface area contributed by atoms with Gasteiger partial charge in [-0.2, -0.15) is 0 Å². The number of aromatic amines is 2. The summed E-state index contributed by atoms with van der Waals surface area (Å²) in [6.45, 7) is 0. The highest BCUT2D eigenvalue weighted by molar-refractivity contribution is 6.15. The van der Waals surface area contributed by atoms with Gasteiger partial charge in [0.15, 0.2) is 0 Å². The summed E-state index contributed by atoms with van der Waals surface area (Å²) in [4.78, 5) is 64.4. The summed E-state index contributed by atoms with van der Waals surface area (Å²) >= 11 is 0. The molecule has 0 atom stereocenters. The number of urea groups is 4. The van der Waals surface area contributed by atoms with Gasteiger partial charge in [0.2, 0.25) is 0 Å². The third-order valence-electron chi connectivity index (χ3n) is 6.79. The lowest BCUT2D eigenvalue weighted by molar-refractivity contribution is 0.258. The molecular formula is C30H26N12O4. The molecule has 4 aromatic rings. The molecule has 8 amide bonds. The number of hydrogen-bond donors (Lipinski definition) is 10. The minimum Gasteiger partial charge on any atom is -0.355 e. The van der Waals surface area contributed by atoms with Crippen LogP contribution in [0.25, 0.3) is 57.5 Å². The van der Waals surface area contributed by atoms with E-state index >= 15 is 0 Å². The van der Waals surface area contributed by atoms with Crippen LogP contribution in [0.15, 0.2) is 48.5 Å². The Morgan fingerprint density at radius 3 is 1.52 bits per heavy atom. The van der Waals surface area contributed by atoms with Gasteiger partial charge in [-0.05, 0) is 72.8 Å². The number of primary amides is 4. The van der Waals surface area contributed by atoms with E-state index in [9.17, 15) is 19.2 Å². The molecule has 16 heteroatoms. The van der Waals surface area contributed by atoms with Gasteiger partial charge in [0.05, 0.1) is 45.5 Å². The molecule has 0 fully saturated rings. The van der Waals surface area contributed by atoms with Crippen molar-refractivity contribution in [1.82, 2.24) is 19.9 Å². The summed E-state index contributed by atoms with van der Waals surface area (Å²) < 4.78 is 0. The molecule has 1 aromatic carbocycles. The summed E-state index contributed by atoms with van der Waals surface area (Å²) in [6.07, 6.45) is 7.39. The van der Waals surface area contributed by atoms with Crippen LogP contribution in [-0.4, -0.2) is 44.1 Å². The molecule has 230 valence electrons. The van der Waals surface area contributed by atoms with Gasteiger partial charge in [-0.25, -0.2) is 29.1 Å². The maximum Gasteiger partial charge on any atom is 0.316 e. The Balaban J connectivity index is 1.71. The molecule has 0 saturated heterocycles. The molecule has 2 aliphatic heterocycles. The fraction of sp³-hybridized carbons (Fsp3) is 0. The van der Waals surface area contributed by atoms with Crippen LogP contribution in [0.2, 0.25) is 0 Å². The highest BCUT2D eigenvalue weighted by Crippen LogP contribution is 2.46. The van der Waals surface area contributed by atoms with E-state index in [1.54, 1.807) is 18.2 Å². The van der Waals surface area contributed by atoms with Crippen molar-refractivity contribution in [3.8, 4) is 11.1 Å². The molecule has 14 N–H and O–H groups in total. The van der Waals surface area contributed by atoms with Gasteiger partial charge in [-0.1, -0.05) is 0 Å². The van der Waals surface area contributed by atoms with Crippen molar-refractivity contribution < 1.29 is 19.2 Å². The van der Waals surface area contributed by atoms with Crippen LogP contribution in [0.5, 0.6) is 0 Å². The van der Waals surface area contributed by atoms with Gasteiger partial charge in [0.1, 0.15) is 0 Å². The molecule has 0 spiro atoms. The highest BCUT2D eigenvalue weighted by atomic mass is 16.2. The number of amides is 8. The van der Waals surface area contributed by atoms with Crippen LogP contribution < -0.4 is 44.2 Å². The van der Waals surface area contributed by atoms with E-state index in [2.05, 4.69) is 36.2 Å². The molecule has 2 aliphatic rings. The Morgan fingerprint density at radius 2 is 0.978 bits per heavy atom. The largest absolute Gasteiger partial charge is 0.355 e. The second-order valence-corrected chi connectivity index (χ2v) is 10.1. The van der Waals surface area contributed by atoms with E-state index in [0.717, 1.165) is 16.7 Å². The van der Waals surface area contributed by atoms with E-state index in [0.29, 0.717) is 33.7 Å². The van der Waals surface area contributed by atoms with Gasteiger partial charge in [-0.3, -0.25) is 0 Å². The first-order valence-electron chi connectivity index (χ1n) is 13.6. The van der Waals surface area contributed by atoms with Crippen LogP contribution >= 0.6 is 0 Å². The number of fused-ring (bicyclic) bond motifs is 8.